The van der Waals surface area contributed by atoms with E-state index in [9.17, 15) is 26.3 Å². The van der Waals surface area contributed by atoms with Crippen LogP contribution in [-0.4, -0.2) is 0 Å². The molecule has 0 aliphatic carbocycles. The van der Waals surface area contributed by atoms with Crippen LogP contribution < -0.4 is 0 Å². The van der Waals surface area contributed by atoms with E-state index in [-0.39, 0.29) is 11.6 Å². The highest BCUT2D eigenvalue weighted by Gasteiger charge is 2.38. The minimum Gasteiger partial charge on any atom is -0.166 e. The number of halogens is 7. The van der Waals surface area contributed by atoms with Crippen LogP contribution in [0.5, 0.6) is 0 Å². The summed E-state index contributed by atoms with van der Waals surface area (Å²) in [5, 5.41) is 0. The molecule has 0 aliphatic heterocycles. The Bertz CT molecular complexity index is 404. The van der Waals surface area contributed by atoms with Crippen LogP contribution in [0, 0.1) is 0 Å². The number of alkyl halides is 7. The molecule has 1 aromatic carbocycles. The molecule has 7 heteroatoms. The SMILES string of the molecule is C[C@@H](Br)c1ccc(C(F)(F)F)cc1C(F)(F)F. The van der Waals surface area contributed by atoms with Gasteiger partial charge in [0, 0.05) is 4.83 Å². The van der Waals surface area contributed by atoms with Crippen LogP contribution in [0.1, 0.15) is 28.4 Å². The van der Waals surface area contributed by atoms with E-state index in [4.69, 9.17) is 0 Å². The summed E-state index contributed by atoms with van der Waals surface area (Å²) in [6.07, 6.45) is -9.59. The fourth-order valence-electron chi connectivity index (χ4n) is 1.32. The Labute approximate surface area is 102 Å². The third-order valence-corrected chi connectivity index (χ3v) is 2.61. The van der Waals surface area contributed by atoms with Crippen LogP contribution in [0.3, 0.4) is 0 Å². The number of rotatable bonds is 1. The lowest BCUT2D eigenvalue weighted by atomic mass is 10.0. The minimum atomic E-state index is -4.81. The minimum absolute atomic E-state index is 0.132. The molecule has 0 nitrogen and oxygen atoms in total. The van der Waals surface area contributed by atoms with Gasteiger partial charge >= 0.3 is 12.4 Å². The first-order valence-electron chi connectivity index (χ1n) is 4.46. The van der Waals surface area contributed by atoms with E-state index in [1.807, 2.05) is 0 Å². The first-order chi connectivity index (χ1) is 7.53. The molecule has 0 aliphatic rings. The number of hydrogen-bond acceptors (Lipinski definition) is 0. The predicted molar refractivity (Wildman–Crippen MR) is 53.8 cm³/mol. The second-order valence-electron chi connectivity index (χ2n) is 3.41. The lowest BCUT2D eigenvalue weighted by Gasteiger charge is -2.17. The molecule has 0 radical (unpaired) electrons. The summed E-state index contributed by atoms with van der Waals surface area (Å²) in [5.74, 6) is 0. The molecule has 0 saturated carbocycles. The molecule has 0 aromatic heterocycles. The van der Waals surface area contributed by atoms with E-state index in [0.29, 0.717) is 6.07 Å². The van der Waals surface area contributed by atoms with E-state index in [0.717, 1.165) is 6.07 Å². The molecule has 1 atom stereocenters. The molecule has 0 N–H and O–H groups in total. The zero-order valence-electron chi connectivity index (χ0n) is 8.46. The van der Waals surface area contributed by atoms with Gasteiger partial charge in [-0.1, -0.05) is 22.0 Å². The second-order valence-corrected chi connectivity index (χ2v) is 4.79. The molecule has 0 saturated heterocycles. The van der Waals surface area contributed by atoms with Gasteiger partial charge in [0.15, 0.2) is 0 Å². The van der Waals surface area contributed by atoms with E-state index in [1.165, 1.54) is 6.92 Å². The van der Waals surface area contributed by atoms with Gasteiger partial charge in [-0.3, -0.25) is 0 Å². The molecule has 0 unspecified atom stereocenters. The monoisotopic (exact) mass is 320 g/mol. The van der Waals surface area contributed by atoms with Crippen LogP contribution in [-0.2, 0) is 12.4 Å². The molecule has 1 aromatic rings. The molecule has 0 fully saturated rings. The summed E-state index contributed by atoms with van der Waals surface area (Å²) in [6, 6.07) is 1.61. The van der Waals surface area contributed by atoms with Crippen molar-refractivity contribution < 1.29 is 26.3 Å². The van der Waals surface area contributed by atoms with Crippen LogP contribution in [0.2, 0.25) is 0 Å². The maximum Gasteiger partial charge on any atom is 0.416 e. The topological polar surface area (TPSA) is 0 Å². The van der Waals surface area contributed by atoms with E-state index < -0.39 is 28.3 Å². The van der Waals surface area contributed by atoms with E-state index in [2.05, 4.69) is 15.9 Å². The van der Waals surface area contributed by atoms with Crippen molar-refractivity contribution >= 4 is 15.9 Å². The Morgan fingerprint density at radius 2 is 1.53 bits per heavy atom. The molecular weight excluding hydrogens is 314 g/mol. The summed E-state index contributed by atoms with van der Waals surface area (Å²) >= 11 is 2.92. The molecule has 0 amide bonds. The Morgan fingerprint density at radius 3 is 1.88 bits per heavy atom. The van der Waals surface area contributed by atoms with Crippen molar-refractivity contribution in [3.8, 4) is 0 Å². The number of benzene rings is 1. The normalized spacial score (nSPS) is 14.8. The van der Waals surface area contributed by atoms with Gasteiger partial charge in [-0.05, 0) is 24.6 Å². The van der Waals surface area contributed by atoms with Crippen molar-refractivity contribution in [1.29, 1.82) is 0 Å². The van der Waals surface area contributed by atoms with Crippen molar-refractivity contribution in [3.63, 3.8) is 0 Å². The van der Waals surface area contributed by atoms with Gasteiger partial charge in [0.1, 0.15) is 0 Å². The van der Waals surface area contributed by atoms with Gasteiger partial charge < -0.3 is 0 Å². The molecule has 1 rings (SSSR count). The second kappa shape index (κ2) is 4.51. The molecule has 17 heavy (non-hydrogen) atoms. The van der Waals surface area contributed by atoms with Crippen molar-refractivity contribution in [3.05, 3.63) is 34.9 Å². The molecule has 96 valence electrons. The van der Waals surface area contributed by atoms with Crippen molar-refractivity contribution in [2.45, 2.75) is 24.1 Å². The molecule has 0 heterocycles. The maximum atomic E-state index is 12.6. The highest BCUT2D eigenvalue weighted by Crippen LogP contribution is 2.40. The zero-order chi connectivity index (χ0) is 13.4. The van der Waals surface area contributed by atoms with Crippen molar-refractivity contribution in [2.75, 3.05) is 0 Å². The van der Waals surface area contributed by atoms with Gasteiger partial charge in [-0.15, -0.1) is 0 Å². The van der Waals surface area contributed by atoms with Gasteiger partial charge in [0.2, 0.25) is 0 Å². The van der Waals surface area contributed by atoms with Gasteiger partial charge in [0.25, 0.3) is 0 Å². The van der Waals surface area contributed by atoms with Crippen LogP contribution in [0.15, 0.2) is 18.2 Å². The quantitative estimate of drug-likeness (QED) is 0.494. The number of hydrogen-bond donors (Lipinski definition) is 0. The van der Waals surface area contributed by atoms with E-state index >= 15 is 0 Å². The molecular formula is C10H7BrF6. The van der Waals surface area contributed by atoms with Gasteiger partial charge in [-0.2, -0.15) is 26.3 Å². The predicted octanol–water partition coefficient (Wildman–Crippen LogP) is 5.18. The summed E-state index contributed by atoms with van der Waals surface area (Å²) in [7, 11) is 0. The highest BCUT2D eigenvalue weighted by molar-refractivity contribution is 9.09. The van der Waals surface area contributed by atoms with Crippen molar-refractivity contribution in [2.24, 2.45) is 0 Å². The van der Waals surface area contributed by atoms with Gasteiger partial charge in [-0.25, -0.2) is 0 Å². The standard InChI is InChI=1S/C10H7BrF6/c1-5(11)7-3-2-6(9(12,13)14)4-8(7)10(15,16)17/h2-5H,1H3/t5-/m1/s1. The first-order valence-corrected chi connectivity index (χ1v) is 5.37. The average Bonchev–Trinajstić information content (AvgIpc) is 2.14. The van der Waals surface area contributed by atoms with Gasteiger partial charge in [0.05, 0.1) is 11.1 Å². The third kappa shape index (κ3) is 3.37. The Kier molecular flexibility index (Phi) is 3.81. The Morgan fingerprint density at radius 1 is 1.00 bits per heavy atom. The average molecular weight is 321 g/mol. The largest absolute Gasteiger partial charge is 0.416 e. The fraction of sp³-hybridized carbons (Fsp3) is 0.400. The maximum absolute atomic E-state index is 12.6. The molecule has 0 bridgehead atoms. The Balaban J connectivity index is 3.41. The third-order valence-electron chi connectivity index (χ3n) is 2.11. The summed E-state index contributed by atoms with van der Waals surface area (Å²) in [5.41, 5.74) is -2.79. The van der Waals surface area contributed by atoms with Crippen LogP contribution in [0.25, 0.3) is 0 Å². The van der Waals surface area contributed by atoms with E-state index in [1.54, 1.807) is 0 Å². The molecule has 0 spiro atoms. The van der Waals surface area contributed by atoms with Crippen molar-refractivity contribution in [1.82, 2.24) is 0 Å². The smallest absolute Gasteiger partial charge is 0.166 e. The fourth-order valence-corrected chi connectivity index (χ4v) is 1.72. The van der Waals surface area contributed by atoms with Crippen LogP contribution >= 0.6 is 15.9 Å². The summed E-state index contributed by atoms with van der Waals surface area (Å²) in [4.78, 5) is -0.679. The summed E-state index contributed by atoms with van der Waals surface area (Å²) < 4.78 is 74.7. The first kappa shape index (κ1) is 14.3. The lowest BCUT2D eigenvalue weighted by Crippen LogP contribution is -2.13. The summed E-state index contributed by atoms with van der Waals surface area (Å²) in [6.45, 7) is 1.41. The Hall–Kier alpha value is -0.720. The lowest BCUT2D eigenvalue weighted by molar-refractivity contribution is -0.143. The zero-order valence-corrected chi connectivity index (χ0v) is 10.0. The highest BCUT2D eigenvalue weighted by atomic mass is 79.9. The van der Waals surface area contributed by atoms with Crippen LogP contribution in [0.4, 0.5) is 26.3 Å².